The highest BCUT2D eigenvalue weighted by molar-refractivity contribution is 6.79. The van der Waals surface area contributed by atoms with E-state index in [9.17, 15) is 4.79 Å². The summed E-state index contributed by atoms with van der Waals surface area (Å²) in [6.07, 6.45) is 3.48. The Labute approximate surface area is 114 Å². The summed E-state index contributed by atoms with van der Waals surface area (Å²) in [5.41, 5.74) is 1.12. The van der Waals surface area contributed by atoms with Gasteiger partial charge >= 0.3 is 5.97 Å². The topological polar surface area (TPSA) is 55.1 Å². The van der Waals surface area contributed by atoms with Gasteiger partial charge in [-0.3, -0.25) is 0 Å². The number of aromatic carboxylic acids is 1. The van der Waals surface area contributed by atoms with E-state index in [1.54, 1.807) is 6.07 Å². The molecule has 0 amide bonds. The van der Waals surface area contributed by atoms with Crippen molar-refractivity contribution in [1.82, 2.24) is 9.22 Å². The summed E-state index contributed by atoms with van der Waals surface area (Å²) in [5, 5.41) is 10.1. The van der Waals surface area contributed by atoms with Gasteiger partial charge in [0, 0.05) is 11.6 Å². The summed E-state index contributed by atoms with van der Waals surface area (Å²) >= 11 is 0. The lowest BCUT2D eigenvalue weighted by molar-refractivity contribution is 0.0696. The Morgan fingerprint density at radius 1 is 1.37 bits per heavy atom. The van der Waals surface area contributed by atoms with E-state index in [2.05, 4.69) is 43.1 Å². The third kappa shape index (κ3) is 2.18. The Bertz CT molecular complexity index is 638. The first-order valence-corrected chi connectivity index (χ1v) is 9.30. The van der Waals surface area contributed by atoms with Crippen molar-refractivity contribution in [3.63, 3.8) is 0 Å². The molecule has 102 valence electrons. The minimum atomic E-state index is -1.73. The van der Waals surface area contributed by atoms with Gasteiger partial charge in [0.2, 0.25) is 0 Å². The van der Waals surface area contributed by atoms with E-state index >= 15 is 0 Å². The Balaban J connectivity index is 2.62. The van der Waals surface area contributed by atoms with Gasteiger partial charge in [-0.25, -0.2) is 9.78 Å². The van der Waals surface area contributed by atoms with Gasteiger partial charge in [0.25, 0.3) is 0 Å². The number of hydrogen-bond acceptors (Lipinski definition) is 2. The molecule has 2 aromatic rings. The van der Waals surface area contributed by atoms with Crippen LogP contribution >= 0.6 is 0 Å². The predicted molar refractivity (Wildman–Crippen MR) is 79.3 cm³/mol. The molecule has 2 rings (SSSR count). The summed E-state index contributed by atoms with van der Waals surface area (Å²) in [6.45, 7) is 11.3. The van der Waals surface area contributed by atoms with Crippen LogP contribution in [0.15, 0.2) is 24.5 Å². The van der Waals surface area contributed by atoms with Crippen LogP contribution in [-0.2, 0) is 0 Å². The van der Waals surface area contributed by atoms with Gasteiger partial charge < -0.3 is 9.34 Å². The fourth-order valence-electron chi connectivity index (χ4n) is 1.95. The number of carboxylic acid groups (broad SMARTS) is 1. The highest BCUT2D eigenvalue weighted by Gasteiger charge is 2.38. The van der Waals surface area contributed by atoms with E-state index in [1.165, 1.54) is 6.20 Å². The van der Waals surface area contributed by atoms with E-state index < -0.39 is 14.2 Å². The molecule has 0 bridgehead atoms. The quantitative estimate of drug-likeness (QED) is 0.853. The standard InChI is InChI=1S/C14H20N2O2Si/c1-14(2,3)19(4,5)16-7-6-10-8-11(13(17)18)9-15-12(10)16/h6-9H,1-5H3,(H,17,18). The lowest BCUT2D eigenvalue weighted by Crippen LogP contribution is -2.45. The van der Waals surface area contributed by atoms with E-state index in [0.29, 0.717) is 0 Å². The number of fused-ring (bicyclic) bond motifs is 1. The van der Waals surface area contributed by atoms with Crippen LogP contribution in [0.4, 0.5) is 0 Å². The van der Waals surface area contributed by atoms with Gasteiger partial charge in [0.05, 0.1) is 5.56 Å². The van der Waals surface area contributed by atoms with Crippen LogP contribution in [0.2, 0.25) is 18.1 Å². The molecule has 0 saturated heterocycles. The zero-order valence-corrected chi connectivity index (χ0v) is 13.1. The van der Waals surface area contributed by atoms with E-state index in [0.717, 1.165) is 11.0 Å². The van der Waals surface area contributed by atoms with Crippen molar-refractivity contribution in [3.05, 3.63) is 30.1 Å². The molecule has 0 fully saturated rings. The Morgan fingerprint density at radius 3 is 2.53 bits per heavy atom. The summed E-state index contributed by atoms with van der Waals surface area (Å²) in [7, 11) is -1.73. The molecule has 0 radical (unpaired) electrons. The molecular formula is C14H20N2O2Si. The molecule has 2 heterocycles. The molecule has 5 heteroatoms. The van der Waals surface area contributed by atoms with Crippen LogP contribution in [-0.4, -0.2) is 28.5 Å². The van der Waals surface area contributed by atoms with Gasteiger partial charge in [-0.2, -0.15) is 0 Å². The number of carboxylic acids is 1. The van der Waals surface area contributed by atoms with E-state index in [1.807, 2.05) is 12.3 Å². The van der Waals surface area contributed by atoms with Crippen LogP contribution in [0.3, 0.4) is 0 Å². The molecule has 0 aliphatic rings. The van der Waals surface area contributed by atoms with Gasteiger partial charge in [0.1, 0.15) is 5.65 Å². The second-order valence-electron chi connectivity index (χ2n) is 6.44. The van der Waals surface area contributed by atoms with Gasteiger partial charge in [-0.15, -0.1) is 0 Å². The Kier molecular flexibility index (Phi) is 3.05. The van der Waals surface area contributed by atoms with Crippen molar-refractivity contribution >= 4 is 25.2 Å². The number of rotatable bonds is 2. The number of hydrogen-bond donors (Lipinski definition) is 1. The molecule has 0 aliphatic carbocycles. The molecule has 0 saturated carbocycles. The largest absolute Gasteiger partial charge is 0.478 e. The Morgan fingerprint density at radius 2 is 2.00 bits per heavy atom. The molecule has 4 nitrogen and oxygen atoms in total. The summed E-state index contributed by atoms with van der Waals surface area (Å²) in [6, 6.07) is 3.64. The van der Waals surface area contributed by atoms with E-state index in [4.69, 9.17) is 5.11 Å². The minimum Gasteiger partial charge on any atom is -0.478 e. The fraction of sp³-hybridized carbons (Fsp3) is 0.429. The van der Waals surface area contributed by atoms with Crippen molar-refractivity contribution in [3.8, 4) is 0 Å². The molecule has 0 spiro atoms. The molecule has 2 aromatic heterocycles. The summed E-state index contributed by atoms with van der Waals surface area (Å²) in [4.78, 5) is 15.3. The zero-order valence-electron chi connectivity index (χ0n) is 12.1. The average Bonchev–Trinajstić information content (AvgIpc) is 2.70. The van der Waals surface area contributed by atoms with Gasteiger partial charge in [-0.05, 0) is 23.4 Å². The maximum atomic E-state index is 11.0. The lowest BCUT2D eigenvalue weighted by atomic mass is 10.2. The first kappa shape index (κ1) is 13.8. The maximum absolute atomic E-state index is 11.0. The minimum absolute atomic E-state index is 0.200. The molecule has 0 unspecified atom stereocenters. The Hall–Kier alpha value is -1.62. The molecule has 19 heavy (non-hydrogen) atoms. The van der Waals surface area contributed by atoms with Crippen LogP contribution in [0.25, 0.3) is 11.0 Å². The second kappa shape index (κ2) is 4.20. The smallest absolute Gasteiger partial charge is 0.337 e. The second-order valence-corrected chi connectivity index (χ2v) is 11.5. The normalized spacial score (nSPS) is 12.9. The van der Waals surface area contributed by atoms with Crippen LogP contribution in [0, 0.1) is 0 Å². The molecule has 0 aromatic carbocycles. The lowest BCUT2D eigenvalue weighted by Gasteiger charge is -2.38. The van der Waals surface area contributed by atoms with Crippen molar-refractivity contribution < 1.29 is 9.90 Å². The molecule has 0 atom stereocenters. The van der Waals surface area contributed by atoms with Gasteiger partial charge in [-0.1, -0.05) is 33.9 Å². The maximum Gasteiger partial charge on any atom is 0.337 e. The summed E-state index contributed by atoms with van der Waals surface area (Å²) < 4.78 is 2.26. The number of carbonyl (C=O) groups is 1. The zero-order chi connectivity index (χ0) is 14.4. The van der Waals surface area contributed by atoms with Crippen molar-refractivity contribution in [2.45, 2.75) is 38.9 Å². The molecule has 1 N–H and O–H groups in total. The first-order chi connectivity index (χ1) is 8.64. The fourth-order valence-corrected chi connectivity index (χ4v) is 3.84. The average molecular weight is 276 g/mol. The van der Waals surface area contributed by atoms with Crippen molar-refractivity contribution in [2.75, 3.05) is 0 Å². The number of aromatic nitrogens is 2. The van der Waals surface area contributed by atoms with Crippen LogP contribution in [0.1, 0.15) is 31.1 Å². The summed E-state index contributed by atoms with van der Waals surface area (Å²) in [5.74, 6) is -0.936. The van der Waals surface area contributed by atoms with E-state index in [-0.39, 0.29) is 10.6 Å². The highest BCUT2D eigenvalue weighted by Crippen LogP contribution is 2.38. The molecule has 0 aliphatic heterocycles. The third-order valence-electron chi connectivity index (χ3n) is 4.21. The predicted octanol–water partition coefficient (Wildman–Crippen LogP) is 3.59. The van der Waals surface area contributed by atoms with Crippen molar-refractivity contribution in [1.29, 1.82) is 0 Å². The van der Waals surface area contributed by atoms with Crippen LogP contribution in [0.5, 0.6) is 0 Å². The number of pyridine rings is 1. The number of nitrogens with zero attached hydrogens (tertiary/aromatic N) is 2. The van der Waals surface area contributed by atoms with Gasteiger partial charge in [0.15, 0.2) is 8.24 Å². The van der Waals surface area contributed by atoms with Crippen LogP contribution < -0.4 is 0 Å². The first-order valence-electron chi connectivity index (χ1n) is 6.35. The van der Waals surface area contributed by atoms with Crippen molar-refractivity contribution in [2.24, 2.45) is 0 Å². The molecular weight excluding hydrogens is 256 g/mol. The SMILES string of the molecule is CC(C)(C)[Si](C)(C)n1ccc2cc(C(=O)O)cnc21. The monoisotopic (exact) mass is 276 g/mol. The third-order valence-corrected chi connectivity index (χ3v) is 9.45. The highest BCUT2D eigenvalue weighted by atomic mass is 28.3.